The van der Waals surface area contributed by atoms with Crippen molar-refractivity contribution in [2.75, 3.05) is 6.61 Å². The van der Waals surface area contributed by atoms with Crippen molar-refractivity contribution in [2.24, 2.45) is 0 Å². The molecule has 0 unspecified atom stereocenters. The van der Waals surface area contributed by atoms with Crippen LogP contribution >= 0.6 is 11.6 Å². The summed E-state index contributed by atoms with van der Waals surface area (Å²) in [4.78, 5) is 27.2. The summed E-state index contributed by atoms with van der Waals surface area (Å²) in [7, 11) is 0. The number of hydrogen-bond donors (Lipinski definition) is 0. The minimum Gasteiger partial charge on any atom is -0.370 e. The first-order valence-corrected chi connectivity index (χ1v) is 12.1. The van der Waals surface area contributed by atoms with Gasteiger partial charge in [-0.15, -0.1) is 0 Å². The van der Waals surface area contributed by atoms with E-state index in [9.17, 15) is 9.18 Å². The lowest BCUT2D eigenvalue weighted by molar-refractivity contribution is -0.00184. The van der Waals surface area contributed by atoms with Crippen molar-refractivity contribution in [3.63, 3.8) is 0 Å². The first-order valence-electron chi connectivity index (χ1n) is 11.7. The van der Waals surface area contributed by atoms with Crippen LogP contribution in [-0.4, -0.2) is 31.1 Å². The Balaban J connectivity index is 1.45. The lowest BCUT2D eigenvalue weighted by atomic mass is 9.92. The van der Waals surface area contributed by atoms with Crippen molar-refractivity contribution in [3.05, 3.63) is 74.3 Å². The summed E-state index contributed by atoms with van der Waals surface area (Å²) < 4.78 is 27.8. The zero-order valence-corrected chi connectivity index (χ0v) is 20.0. The lowest BCUT2D eigenvalue weighted by Gasteiger charge is -2.28. The molecule has 2 atom stereocenters. The predicted octanol–water partition coefficient (Wildman–Crippen LogP) is 5.06. The molecular weight excluding hydrogens is 473 g/mol. The molecule has 35 heavy (non-hydrogen) atoms. The van der Waals surface area contributed by atoms with Gasteiger partial charge in [0.1, 0.15) is 17.6 Å². The summed E-state index contributed by atoms with van der Waals surface area (Å²) in [5.41, 5.74) is 2.41. The molecule has 0 N–H and O–H groups in total. The molecule has 10 heteroatoms. The Labute approximate surface area is 205 Å². The van der Waals surface area contributed by atoms with Gasteiger partial charge >= 0.3 is 0 Å². The highest BCUT2D eigenvalue weighted by molar-refractivity contribution is 6.30. The van der Waals surface area contributed by atoms with E-state index in [1.165, 1.54) is 10.5 Å². The van der Waals surface area contributed by atoms with E-state index in [1.54, 1.807) is 32.2 Å². The van der Waals surface area contributed by atoms with Gasteiger partial charge in [-0.2, -0.15) is 4.98 Å². The molecule has 1 aromatic carbocycles. The number of fused-ring (bicyclic) bond motifs is 1. The molecule has 1 saturated heterocycles. The Morgan fingerprint density at radius 3 is 2.71 bits per heavy atom. The van der Waals surface area contributed by atoms with Gasteiger partial charge in [0, 0.05) is 46.5 Å². The average Bonchev–Trinajstić information content (AvgIpc) is 3.59. The van der Waals surface area contributed by atoms with E-state index in [4.69, 9.17) is 25.8 Å². The molecule has 8 nitrogen and oxygen atoms in total. The Kier molecular flexibility index (Phi) is 5.41. The maximum Gasteiger partial charge on any atom is 0.261 e. The monoisotopic (exact) mass is 495 g/mol. The molecule has 0 spiro atoms. The molecule has 0 amide bonds. The number of rotatable bonds is 4. The van der Waals surface area contributed by atoms with Gasteiger partial charge in [-0.25, -0.2) is 14.4 Å². The topological polar surface area (TPSA) is 95.4 Å². The fourth-order valence-corrected chi connectivity index (χ4v) is 4.69. The first-order chi connectivity index (χ1) is 16.9. The van der Waals surface area contributed by atoms with Gasteiger partial charge in [-0.1, -0.05) is 16.8 Å². The number of ether oxygens (including phenoxy) is 1. The van der Waals surface area contributed by atoms with Crippen molar-refractivity contribution in [3.8, 4) is 11.3 Å². The number of halogens is 2. The highest BCUT2D eigenvalue weighted by Crippen LogP contribution is 2.41. The van der Waals surface area contributed by atoms with Gasteiger partial charge in [0.15, 0.2) is 5.65 Å². The summed E-state index contributed by atoms with van der Waals surface area (Å²) in [5, 5.41) is 4.42. The SMILES string of the molecule is Cc1nc2c(-c3ccc(Cl)cc3F)nc([C@@H]3CCO[C@H](c4noc(C5CC5)n4)C3)cn2c(=O)c1C. The summed E-state index contributed by atoms with van der Waals surface area (Å²) in [5.74, 6) is 0.982. The second-order valence-corrected chi connectivity index (χ2v) is 9.74. The third-order valence-corrected chi connectivity index (χ3v) is 7.09. The van der Waals surface area contributed by atoms with Crippen LogP contribution in [0.3, 0.4) is 0 Å². The second kappa shape index (κ2) is 8.49. The Hall–Kier alpha value is -3.17. The van der Waals surface area contributed by atoms with E-state index in [0.717, 1.165) is 12.8 Å². The number of nitrogens with zero attached hydrogens (tertiary/aromatic N) is 5. The van der Waals surface area contributed by atoms with Crippen molar-refractivity contribution < 1.29 is 13.7 Å². The Morgan fingerprint density at radius 2 is 1.94 bits per heavy atom. The molecule has 6 rings (SSSR count). The highest BCUT2D eigenvalue weighted by Gasteiger charge is 2.34. The van der Waals surface area contributed by atoms with Crippen LogP contribution in [0.15, 0.2) is 33.7 Å². The minimum absolute atomic E-state index is 0.0522. The number of aromatic nitrogens is 5. The predicted molar refractivity (Wildman–Crippen MR) is 126 cm³/mol. The molecule has 2 fully saturated rings. The van der Waals surface area contributed by atoms with Crippen molar-refractivity contribution in [1.82, 2.24) is 24.5 Å². The molecule has 3 aromatic heterocycles. The van der Waals surface area contributed by atoms with E-state index in [-0.39, 0.29) is 28.2 Å². The fraction of sp³-hybridized carbons (Fsp3) is 0.400. The third kappa shape index (κ3) is 4.02. The summed E-state index contributed by atoms with van der Waals surface area (Å²) in [6, 6.07) is 4.40. The first kappa shape index (κ1) is 22.3. The maximum absolute atomic E-state index is 15.0. The molecule has 0 bridgehead atoms. The van der Waals surface area contributed by atoms with Crippen LogP contribution in [0, 0.1) is 19.7 Å². The zero-order valence-electron chi connectivity index (χ0n) is 19.3. The van der Waals surface area contributed by atoms with Crippen molar-refractivity contribution in [2.45, 2.75) is 57.5 Å². The number of hydrogen-bond acceptors (Lipinski definition) is 7. The van der Waals surface area contributed by atoms with E-state index in [0.29, 0.717) is 65.4 Å². The summed E-state index contributed by atoms with van der Waals surface area (Å²) in [6.07, 6.45) is 4.78. The van der Waals surface area contributed by atoms with E-state index < -0.39 is 5.82 Å². The fourth-order valence-electron chi connectivity index (χ4n) is 4.53. The van der Waals surface area contributed by atoms with Crippen LogP contribution in [0.1, 0.15) is 72.3 Å². The largest absolute Gasteiger partial charge is 0.370 e. The Morgan fingerprint density at radius 1 is 1.11 bits per heavy atom. The normalized spacial score (nSPS) is 20.5. The molecule has 0 radical (unpaired) electrons. The molecule has 2 aliphatic rings. The second-order valence-electron chi connectivity index (χ2n) is 9.31. The van der Waals surface area contributed by atoms with Gasteiger partial charge in [-0.3, -0.25) is 9.20 Å². The van der Waals surface area contributed by atoms with Crippen LogP contribution in [-0.2, 0) is 4.74 Å². The van der Waals surface area contributed by atoms with Crippen LogP contribution in [0.4, 0.5) is 4.39 Å². The summed E-state index contributed by atoms with van der Waals surface area (Å²) in [6.45, 7) is 3.97. The summed E-state index contributed by atoms with van der Waals surface area (Å²) >= 11 is 5.98. The van der Waals surface area contributed by atoms with Gasteiger partial charge in [0.25, 0.3) is 5.56 Å². The minimum atomic E-state index is -0.527. The van der Waals surface area contributed by atoms with Crippen molar-refractivity contribution >= 4 is 17.2 Å². The zero-order chi connectivity index (χ0) is 24.3. The van der Waals surface area contributed by atoms with Crippen molar-refractivity contribution in [1.29, 1.82) is 0 Å². The van der Waals surface area contributed by atoms with Crippen LogP contribution in [0.25, 0.3) is 16.9 Å². The van der Waals surface area contributed by atoms with Crippen LogP contribution in [0.5, 0.6) is 0 Å². The van der Waals surface area contributed by atoms with Gasteiger partial charge in [0.05, 0.1) is 5.69 Å². The van der Waals surface area contributed by atoms with Gasteiger partial charge < -0.3 is 9.26 Å². The molecular formula is C25H23ClFN5O3. The van der Waals surface area contributed by atoms with Crippen LogP contribution in [0.2, 0.25) is 5.02 Å². The quantitative estimate of drug-likeness (QED) is 0.390. The smallest absolute Gasteiger partial charge is 0.261 e. The molecule has 4 aromatic rings. The molecule has 1 aliphatic carbocycles. The number of aryl methyl sites for hydroxylation is 1. The van der Waals surface area contributed by atoms with E-state index >= 15 is 0 Å². The van der Waals surface area contributed by atoms with Gasteiger partial charge in [0.2, 0.25) is 11.7 Å². The number of benzene rings is 1. The highest BCUT2D eigenvalue weighted by atomic mass is 35.5. The third-order valence-electron chi connectivity index (χ3n) is 6.86. The van der Waals surface area contributed by atoms with E-state index in [2.05, 4.69) is 15.1 Å². The maximum atomic E-state index is 15.0. The average molecular weight is 496 g/mol. The molecule has 1 saturated carbocycles. The molecule has 4 heterocycles. The van der Waals surface area contributed by atoms with E-state index in [1.807, 2.05) is 0 Å². The van der Waals surface area contributed by atoms with Gasteiger partial charge in [-0.05, 0) is 57.7 Å². The molecule has 1 aliphatic heterocycles. The standard InChI is InChI=1S/C25H23ClFN5O3/c1-12-13(2)28-23-21(17-6-5-16(26)10-18(17)27)29-19(11-32(23)25(12)33)15-7-8-34-20(9-15)22-30-24(35-31-22)14-3-4-14/h5-6,10-11,14-15,20H,3-4,7-9H2,1-2H3/t15-,20+/m1/s1. The van der Waals surface area contributed by atoms with Crippen LogP contribution < -0.4 is 5.56 Å². The lowest BCUT2D eigenvalue weighted by Crippen LogP contribution is -2.24. The molecule has 180 valence electrons. The Bertz CT molecular complexity index is 1510.